The number of rotatable bonds is 4. The maximum absolute atomic E-state index is 10.3. The van der Waals surface area contributed by atoms with Crippen LogP contribution < -0.4 is 0 Å². The van der Waals surface area contributed by atoms with Crippen LogP contribution in [-0.2, 0) is 4.79 Å². The van der Waals surface area contributed by atoms with Crippen LogP contribution >= 0.6 is 12.6 Å². The summed E-state index contributed by atoms with van der Waals surface area (Å²) in [6.45, 7) is 6.46. The number of aldehydes is 1. The standard InChI is InChI=1S/C9H15NOS/c1-7(5-10(3)4)8(2)9(12)6-11/h6,12H,1,5H2,2-4H3/b9-8+. The lowest BCUT2D eigenvalue weighted by molar-refractivity contribution is -0.104. The number of hydrogen-bond acceptors (Lipinski definition) is 3. The third-order valence-corrected chi connectivity index (χ3v) is 1.97. The minimum atomic E-state index is 0.460. The van der Waals surface area contributed by atoms with Gasteiger partial charge in [0, 0.05) is 11.4 Å². The molecule has 3 heteroatoms. The van der Waals surface area contributed by atoms with Crippen LogP contribution in [-0.4, -0.2) is 31.8 Å². The molecule has 12 heavy (non-hydrogen) atoms. The van der Waals surface area contributed by atoms with Gasteiger partial charge in [-0.1, -0.05) is 6.58 Å². The van der Waals surface area contributed by atoms with Gasteiger partial charge in [-0.05, 0) is 32.2 Å². The van der Waals surface area contributed by atoms with Crippen molar-refractivity contribution < 1.29 is 4.79 Å². The predicted octanol–water partition coefficient (Wildman–Crippen LogP) is 1.51. The lowest BCUT2D eigenvalue weighted by atomic mass is 10.1. The Morgan fingerprint density at radius 2 is 2.08 bits per heavy atom. The summed E-state index contributed by atoms with van der Waals surface area (Å²) in [6, 6.07) is 0. The highest BCUT2D eigenvalue weighted by Crippen LogP contribution is 2.14. The van der Waals surface area contributed by atoms with Gasteiger partial charge in [0.15, 0.2) is 6.29 Å². The Bertz CT molecular complexity index is 219. The van der Waals surface area contributed by atoms with Crippen molar-refractivity contribution >= 4 is 18.9 Å². The first kappa shape index (κ1) is 11.5. The highest BCUT2D eigenvalue weighted by atomic mass is 32.1. The summed E-state index contributed by atoms with van der Waals surface area (Å²) >= 11 is 4.02. The molecule has 0 aromatic carbocycles. The van der Waals surface area contributed by atoms with Crippen LogP contribution in [0.25, 0.3) is 0 Å². The Hall–Kier alpha value is -0.540. The molecule has 0 radical (unpaired) electrons. The topological polar surface area (TPSA) is 20.3 Å². The Kier molecular flexibility index (Phi) is 4.93. The van der Waals surface area contributed by atoms with Crippen molar-refractivity contribution in [2.75, 3.05) is 20.6 Å². The minimum Gasteiger partial charge on any atom is -0.305 e. The Morgan fingerprint density at radius 3 is 2.42 bits per heavy atom. The van der Waals surface area contributed by atoms with E-state index < -0.39 is 0 Å². The summed E-state index contributed by atoms with van der Waals surface area (Å²) in [5.74, 6) is 0. The van der Waals surface area contributed by atoms with Crippen molar-refractivity contribution in [2.24, 2.45) is 0 Å². The number of allylic oxidation sites excluding steroid dienone is 1. The third kappa shape index (κ3) is 3.74. The molecule has 0 bridgehead atoms. The van der Waals surface area contributed by atoms with Crippen molar-refractivity contribution in [2.45, 2.75) is 6.92 Å². The van der Waals surface area contributed by atoms with Gasteiger partial charge in [0.05, 0.1) is 0 Å². The smallest absolute Gasteiger partial charge is 0.156 e. The second-order valence-electron chi connectivity index (χ2n) is 2.97. The van der Waals surface area contributed by atoms with E-state index in [0.717, 1.165) is 24.0 Å². The third-order valence-electron chi connectivity index (χ3n) is 1.53. The number of hydrogen-bond donors (Lipinski definition) is 1. The van der Waals surface area contributed by atoms with E-state index >= 15 is 0 Å². The Balaban J connectivity index is 4.39. The van der Waals surface area contributed by atoms with Gasteiger partial charge in [0.1, 0.15) is 0 Å². The lowest BCUT2D eigenvalue weighted by Crippen LogP contribution is -2.15. The normalized spacial score (nSPS) is 12.8. The second-order valence-corrected chi connectivity index (χ2v) is 3.45. The van der Waals surface area contributed by atoms with E-state index in [0.29, 0.717) is 4.91 Å². The van der Waals surface area contributed by atoms with E-state index in [1.165, 1.54) is 0 Å². The van der Waals surface area contributed by atoms with E-state index in [9.17, 15) is 4.79 Å². The first-order valence-electron chi connectivity index (χ1n) is 3.67. The molecule has 0 aliphatic rings. The summed E-state index contributed by atoms with van der Waals surface area (Å²) in [5.41, 5.74) is 1.79. The number of thiol groups is 1. The number of likely N-dealkylation sites (N-methyl/N-ethyl adjacent to an activating group) is 1. The van der Waals surface area contributed by atoms with Crippen molar-refractivity contribution in [1.29, 1.82) is 0 Å². The highest BCUT2D eigenvalue weighted by molar-refractivity contribution is 7.85. The molecule has 2 nitrogen and oxygen atoms in total. The molecule has 0 rings (SSSR count). The van der Waals surface area contributed by atoms with Crippen molar-refractivity contribution in [3.8, 4) is 0 Å². The van der Waals surface area contributed by atoms with Crippen molar-refractivity contribution in [3.05, 3.63) is 22.6 Å². The summed E-state index contributed by atoms with van der Waals surface area (Å²) in [7, 11) is 3.91. The molecule has 0 aliphatic heterocycles. The molecule has 0 unspecified atom stereocenters. The van der Waals surface area contributed by atoms with Gasteiger partial charge in [-0.25, -0.2) is 0 Å². The molecule has 0 fully saturated rings. The minimum absolute atomic E-state index is 0.460. The fourth-order valence-electron chi connectivity index (χ4n) is 0.770. The summed E-state index contributed by atoms with van der Waals surface area (Å²) in [5, 5.41) is 0. The molecule has 0 atom stereocenters. The number of nitrogens with zero attached hydrogens (tertiary/aromatic N) is 1. The summed E-state index contributed by atoms with van der Waals surface area (Å²) in [4.78, 5) is 12.8. The van der Waals surface area contributed by atoms with Crippen LogP contribution in [0.3, 0.4) is 0 Å². The van der Waals surface area contributed by atoms with Crippen LogP contribution in [0.15, 0.2) is 22.6 Å². The molecule has 0 saturated heterocycles. The fourth-order valence-corrected chi connectivity index (χ4v) is 0.928. The average Bonchev–Trinajstić information content (AvgIpc) is 2.00. The molecule has 0 amide bonds. The number of carbonyl (C=O) groups is 1. The van der Waals surface area contributed by atoms with Crippen molar-refractivity contribution in [3.63, 3.8) is 0 Å². The van der Waals surface area contributed by atoms with Gasteiger partial charge in [0.25, 0.3) is 0 Å². The first-order valence-corrected chi connectivity index (χ1v) is 4.11. The zero-order valence-electron chi connectivity index (χ0n) is 7.79. The molecule has 0 saturated carbocycles. The molecule has 0 spiro atoms. The highest BCUT2D eigenvalue weighted by Gasteiger charge is 2.02. The molecule has 68 valence electrons. The average molecular weight is 185 g/mol. The van der Waals surface area contributed by atoms with Crippen LogP contribution in [0.1, 0.15) is 6.92 Å². The predicted molar refractivity (Wildman–Crippen MR) is 55.4 cm³/mol. The van der Waals surface area contributed by atoms with E-state index in [1.807, 2.05) is 25.9 Å². The van der Waals surface area contributed by atoms with Crippen LogP contribution in [0, 0.1) is 0 Å². The molecule has 0 aromatic rings. The quantitative estimate of drug-likeness (QED) is 0.310. The number of carbonyl (C=O) groups excluding carboxylic acids is 1. The van der Waals surface area contributed by atoms with Gasteiger partial charge in [-0.15, -0.1) is 12.6 Å². The van der Waals surface area contributed by atoms with E-state index in [1.54, 1.807) is 0 Å². The van der Waals surface area contributed by atoms with Gasteiger partial charge in [0.2, 0.25) is 0 Å². The molecule has 0 heterocycles. The maximum Gasteiger partial charge on any atom is 0.156 e. The summed E-state index contributed by atoms with van der Waals surface area (Å²) in [6.07, 6.45) is 0.735. The van der Waals surface area contributed by atoms with Crippen LogP contribution in [0.2, 0.25) is 0 Å². The molecular weight excluding hydrogens is 170 g/mol. The molecule has 0 aliphatic carbocycles. The molecule has 0 aromatic heterocycles. The van der Waals surface area contributed by atoms with Crippen molar-refractivity contribution in [1.82, 2.24) is 4.90 Å². The summed E-state index contributed by atoms with van der Waals surface area (Å²) < 4.78 is 0. The van der Waals surface area contributed by atoms with Gasteiger partial charge >= 0.3 is 0 Å². The van der Waals surface area contributed by atoms with Crippen LogP contribution in [0.4, 0.5) is 0 Å². The monoisotopic (exact) mass is 185 g/mol. The van der Waals surface area contributed by atoms with Gasteiger partial charge in [-0.3, -0.25) is 4.79 Å². The SMILES string of the molecule is C=C(CN(C)C)/C(C)=C(/S)C=O. The lowest BCUT2D eigenvalue weighted by Gasteiger charge is -2.12. The zero-order chi connectivity index (χ0) is 9.72. The first-order chi connectivity index (χ1) is 5.49. The van der Waals surface area contributed by atoms with E-state index in [2.05, 4.69) is 19.2 Å². The van der Waals surface area contributed by atoms with Crippen LogP contribution in [0.5, 0.6) is 0 Å². The second kappa shape index (κ2) is 5.17. The Labute approximate surface area is 79.4 Å². The Morgan fingerprint density at radius 1 is 1.58 bits per heavy atom. The molecule has 0 N–H and O–H groups in total. The maximum atomic E-state index is 10.3. The fraction of sp³-hybridized carbons (Fsp3) is 0.444. The zero-order valence-corrected chi connectivity index (χ0v) is 8.69. The van der Waals surface area contributed by atoms with Gasteiger partial charge < -0.3 is 4.90 Å². The molecular formula is C9H15NOS. The van der Waals surface area contributed by atoms with E-state index in [-0.39, 0.29) is 0 Å². The van der Waals surface area contributed by atoms with E-state index in [4.69, 9.17) is 0 Å². The largest absolute Gasteiger partial charge is 0.305 e. The van der Waals surface area contributed by atoms with Gasteiger partial charge in [-0.2, -0.15) is 0 Å².